The minimum Gasteiger partial charge on any atom is -0.339 e. The Kier molecular flexibility index (Phi) is 4.10. The van der Waals surface area contributed by atoms with Crippen molar-refractivity contribution < 1.29 is 18.6 Å². The van der Waals surface area contributed by atoms with Gasteiger partial charge in [0, 0.05) is 41.8 Å². The topological polar surface area (TPSA) is 78.0 Å². The molecule has 7 nitrogen and oxygen atoms in total. The molecule has 4 rings (SSSR count). The predicted molar refractivity (Wildman–Crippen MR) is 97.1 cm³/mol. The fraction of sp³-hybridized carbons (Fsp3) is 0.500. The van der Waals surface area contributed by atoms with Crippen molar-refractivity contribution in [2.75, 3.05) is 36.0 Å². The van der Waals surface area contributed by atoms with E-state index in [-0.39, 0.29) is 24.3 Å². The third-order valence-corrected chi connectivity index (χ3v) is 6.85. The number of anilines is 1. The van der Waals surface area contributed by atoms with Crippen molar-refractivity contribution >= 4 is 34.2 Å². The van der Waals surface area contributed by atoms with Crippen LogP contribution in [0.3, 0.4) is 0 Å². The average molecular weight is 375 g/mol. The normalized spacial score (nSPS) is 26.1. The van der Waals surface area contributed by atoms with E-state index in [0.29, 0.717) is 48.7 Å². The number of para-hydroxylation sites is 1. The van der Waals surface area contributed by atoms with Gasteiger partial charge in [-0.2, -0.15) is 0 Å². The first-order valence-electron chi connectivity index (χ1n) is 8.78. The van der Waals surface area contributed by atoms with Gasteiger partial charge in [-0.15, -0.1) is 0 Å². The van der Waals surface area contributed by atoms with Gasteiger partial charge in [0.25, 0.3) is 5.91 Å². The molecule has 3 aliphatic rings. The zero-order valence-electron chi connectivity index (χ0n) is 14.6. The van der Waals surface area contributed by atoms with Crippen molar-refractivity contribution in [3.05, 3.63) is 29.8 Å². The Morgan fingerprint density at radius 1 is 1.19 bits per heavy atom. The van der Waals surface area contributed by atoms with Crippen LogP contribution in [-0.2, 0) is 20.4 Å². The number of hydrogen-bond acceptors (Lipinski definition) is 4. The van der Waals surface area contributed by atoms with E-state index in [1.165, 1.54) is 4.90 Å². The van der Waals surface area contributed by atoms with E-state index in [4.69, 9.17) is 0 Å². The average Bonchev–Trinajstić information content (AvgIpc) is 2.95. The maximum absolute atomic E-state index is 13.1. The highest BCUT2D eigenvalue weighted by molar-refractivity contribution is 7.85. The Balaban J connectivity index is 1.65. The number of amides is 3. The molecule has 0 aliphatic carbocycles. The quantitative estimate of drug-likeness (QED) is 0.757. The molecule has 3 heterocycles. The van der Waals surface area contributed by atoms with Gasteiger partial charge in [-0.3, -0.25) is 23.5 Å². The predicted octanol–water partition coefficient (Wildman–Crippen LogP) is 0.576. The van der Waals surface area contributed by atoms with E-state index >= 15 is 0 Å². The van der Waals surface area contributed by atoms with Gasteiger partial charge in [0.15, 0.2) is 0 Å². The van der Waals surface area contributed by atoms with Crippen LogP contribution in [0.1, 0.15) is 30.1 Å². The van der Waals surface area contributed by atoms with Crippen LogP contribution in [-0.4, -0.2) is 68.5 Å². The van der Waals surface area contributed by atoms with E-state index in [9.17, 15) is 18.6 Å². The molecule has 0 bridgehead atoms. The van der Waals surface area contributed by atoms with Crippen molar-refractivity contribution in [2.45, 2.75) is 25.4 Å². The molecule has 138 valence electrons. The molecule has 26 heavy (non-hydrogen) atoms. The van der Waals surface area contributed by atoms with E-state index < -0.39 is 16.5 Å². The summed E-state index contributed by atoms with van der Waals surface area (Å²) in [4.78, 5) is 43.3. The molecular weight excluding hydrogens is 354 g/mol. The molecule has 3 amide bonds. The van der Waals surface area contributed by atoms with E-state index in [1.54, 1.807) is 28.0 Å². The monoisotopic (exact) mass is 375 g/mol. The lowest BCUT2D eigenvalue weighted by molar-refractivity contribution is -0.133. The van der Waals surface area contributed by atoms with E-state index in [1.807, 2.05) is 13.0 Å². The van der Waals surface area contributed by atoms with Crippen LogP contribution in [0, 0.1) is 0 Å². The summed E-state index contributed by atoms with van der Waals surface area (Å²) in [7, 11) is -0.866. The smallest absolute Gasteiger partial charge is 0.258 e. The van der Waals surface area contributed by atoms with Gasteiger partial charge in [0.1, 0.15) is 12.2 Å². The number of carbonyl (C=O) groups is 3. The largest absolute Gasteiger partial charge is 0.339 e. The van der Waals surface area contributed by atoms with Gasteiger partial charge in [-0.25, -0.2) is 0 Å². The summed E-state index contributed by atoms with van der Waals surface area (Å²) in [6.07, 6.45) is 0.856. The SMILES string of the molecule is C[C@@]12CCC(=O)N1c1ccccc1C(=O)N2CC(=O)N1CCS(=O)CC1. The summed E-state index contributed by atoms with van der Waals surface area (Å²) in [6, 6.07) is 7.06. The molecule has 8 heteroatoms. The summed E-state index contributed by atoms with van der Waals surface area (Å²) < 4.78 is 11.5. The number of rotatable bonds is 2. The van der Waals surface area contributed by atoms with E-state index in [2.05, 4.69) is 0 Å². The van der Waals surface area contributed by atoms with Crippen molar-refractivity contribution in [3.63, 3.8) is 0 Å². The molecule has 1 aromatic rings. The number of carbonyl (C=O) groups excluding carboxylic acids is 3. The van der Waals surface area contributed by atoms with Crippen molar-refractivity contribution in [1.29, 1.82) is 0 Å². The molecule has 0 unspecified atom stereocenters. The maximum atomic E-state index is 13.1. The fourth-order valence-corrected chi connectivity index (χ4v) is 5.12. The lowest BCUT2D eigenvalue weighted by Gasteiger charge is -2.48. The second kappa shape index (κ2) is 6.19. The molecule has 0 saturated carbocycles. The van der Waals surface area contributed by atoms with Crippen LogP contribution in [0.25, 0.3) is 0 Å². The minimum absolute atomic E-state index is 0.0294. The van der Waals surface area contributed by atoms with Gasteiger partial charge in [-0.05, 0) is 25.5 Å². The van der Waals surface area contributed by atoms with Crippen LogP contribution in [0.4, 0.5) is 5.69 Å². The molecule has 0 spiro atoms. The highest BCUT2D eigenvalue weighted by Gasteiger charge is 2.53. The Hall–Kier alpha value is -2.22. The highest BCUT2D eigenvalue weighted by Crippen LogP contribution is 2.43. The van der Waals surface area contributed by atoms with Crippen LogP contribution in [0.2, 0.25) is 0 Å². The van der Waals surface area contributed by atoms with Crippen molar-refractivity contribution in [2.24, 2.45) is 0 Å². The van der Waals surface area contributed by atoms with Crippen molar-refractivity contribution in [1.82, 2.24) is 9.80 Å². The summed E-state index contributed by atoms with van der Waals surface area (Å²) in [6.45, 7) is 2.68. The van der Waals surface area contributed by atoms with Crippen LogP contribution >= 0.6 is 0 Å². The summed E-state index contributed by atoms with van der Waals surface area (Å²) in [5, 5.41) is 0. The Labute approximate surface area is 154 Å². The molecule has 1 aromatic carbocycles. The Bertz CT molecular complexity index is 816. The highest BCUT2D eigenvalue weighted by atomic mass is 32.2. The molecule has 2 saturated heterocycles. The molecule has 1 atom stereocenters. The zero-order valence-corrected chi connectivity index (χ0v) is 15.5. The Morgan fingerprint density at radius 2 is 1.88 bits per heavy atom. The molecule has 0 aromatic heterocycles. The third-order valence-electron chi connectivity index (χ3n) is 5.57. The summed E-state index contributed by atoms with van der Waals surface area (Å²) in [5.74, 6) is 0.547. The molecule has 2 fully saturated rings. The minimum atomic E-state index is -0.866. The number of nitrogens with zero attached hydrogens (tertiary/aromatic N) is 3. The third kappa shape index (κ3) is 2.55. The van der Waals surface area contributed by atoms with Gasteiger partial charge < -0.3 is 9.80 Å². The second-order valence-electron chi connectivity index (χ2n) is 7.08. The molecule has 3 aliphatic heterocycles. The summed E-state index contributed by atoms with van der Waals surface area (Å²) >= 11 is 0. The first kappa shape index (κ1) is 17.2. The lowest BCUT2D eigenvalue weighted by Crippen LogP contribution is -2.64. The molecule has 0 radical (unpaired) electrons. The van der Waals surface area contributed by atoms with Gasteiger partial charge in [0.2, 0.25) is 11.8 Å². The zero-order chi connectivity index (χ0) is 18.5. The number of benzene rings is 1. The van der Waals surface area contributed by atoms with E-state index in [0.717, 1.165) is 0 Å². The molecule has 0 N–H and O–H groups in total. The molecular formula is C18H21N3O4S. The first-order valence-corrected chi connectivity index (χ1v) is 10.3. The second-order valence-corrected chi connectivity index (χ2v) is 8.78. The van der Waals surface area contributed by atoms with Crippen LogP contribution < -0.4 is 4.90 Å². The van der Waals surface area contributed by atoms with Crippen LogP contribution in [0.5, 0.6) is 0 Å². The van der Waals surface area contributed by atoms with Gasteiger partial charge in [-0.1, -0.05) is 12.1 Å². The fourth-order valence-electron chi connectivity index (χ4n) is 4.06. The number of hydrogen-bond donors (Lipinski definition) is 0. The standard InChI is InChI=1S/C18H21N3O4S/c1-18-7-6-15(22)21(18)14-5-3-2-4-13(14)17(24)20(18)12-16(23)19-8-10-26(25)11-9-19/h2-5H,6-12H2,1H3/t18-/m0/s1. The first-order chi connectivity index (χ1) is 12.4. The van der Waals surface area contributed by atoms with Gasteiger partial charge in [0.05, 0.1) is 11.3 Å². The van der Waals surface area contributed by atoms with Gasteiger partial charge >= 0.3 is 0 Å². The Morgan fingerprint density at radius 3 is 2.62 bits per heavy atom. The summed E-state index contributed by atoms with van der Waals surface area (Å²) in [5.41, 5.74) is 0.254. The van der Waals surface area contributed by atoms with Crippen molar-refractivity contribution in [3.8, 4) is 0 Å². The van der Waals surface area contributed by atoms with Crippen LogP contribution in [0.15, 0.2) is 24.3 Å². The maximum Gasteiger partial charge on any atom is 0.258 e. The number of fused-ring (bicyclic) bond motifs is 3. The lowest BCUT2D eigenvalue weighted by atomic mass is 9.98.